The maximum atomic E-state index is 12.8. The fraction of sp³-hybridized carbons (Fsp3) is 0.522. The number of anilines is 2. The van der Waals surface area contributed by atoms with Crippen molar-refractivity contribution in [2.45, 2.75) is 19.3 Å². The van der Waals surface area contributed by atoms with Crippen LogP contribution in [0.2, 0.25) is 0 Å². The lowest BCUT2D eigenvalue weighted by atomic mass is 10.1. The number of piperazine rings is 1. The first-order valence-electron chi connectivity index (χ1n) is 10.9. The van der Waals surface area contributed by atoms with Gasteiger partial charge in [0.15, 0.2) is 0 Å². The maximum absolute atomic E-state index is 12.8. The first-order chi connectivity index (χ1) is 14.6. The molecular formula is C23H32N6O. The number of rotatable bonds is 8. The number of carbonyl (C=O) groups is 1. The van der Waals surface area contributed by atoms with Crippen molar-refractivity contribution < 1.29 is 4.79 Å². The Balaban J connectivity index is 1.51. The highest BCUT2D eigenvalue weighted by Gasteiger charge is 2.24. The topological polar surface area (TPSA) is 64.6 Å². The summed E-state index contributed by atoms with van der Waals surface area (Å²) in [6.45, 7) is 5.33. The molecule has 2 aliphatic rings. The van der Waals surface area contributed by atoms with E-state index in [1.54, 1.807) is 0 Å². The maximum Gasteiger partial charge on any atom is 0.270 e. The predicted molar refractivity (Wildman–Crippen MR) is 120 cm³/mol. The predicted octanol–water partition coefficient (Wildman–Crippen LogP) is 2.05. The van der Waals surface area contributed by atoms with Crippen LogP contribution in [-0.2, 0) is 6.42 Å². The molecule has 1 N–H and O–H groups in total. The standard InChI is InChI=1S/C23H32N6O/c1-27-12-14-29(15-13-27)21-16-20(22(30)24-17-19-8-9-19)25-23(26-21)28(2)11-10-18-6-4-3-5-7-18/h3-7,16,19H,8-15,17H2,1-2H3,(H,24,30). The second-order valence-electron chi connectivity index (χ2n) is 8.51. The first kappa shape index (κ1) is 20.6. The average molecular weight is 409 g/mol. The third-order valence-electron chi connectivity index (χ3n) is 5.93. The minimum Gasteiger partial charge on any atom is -0.354 e. The molecule has 1 saturated heterocycles. The zero-order valence-corrected chi connectivity index (χ0v) is 18.0. The number of hydrogen-bond acceptors (Lipinski definition) is 6. The summed E-state index contributed by atoms with van der Waals surface area (Å²) in [5.41, 5.74) is 1.74. The lowest BCUT2D eigenvalue weighted by Gasteiger charge is -2.33. The molecule has 1 aromatic carbocycles. The minimum atomic E-state index is -0.0996. The molecule has 0 unspecified atom stereocenters. The SMILES string of the molecule is CN1CCN(c2cc(C(=O)NCC3CC3)nc(N(C)CCc3ccccc3)n2)CC1. The van der Waals surface area contributed by atoms with Crippen molar-refractivity contribution in [2.75, 3.05) is 63.2 Å². The van der Waals surface area contributed by atoms with E-state index in [9.17, 15) is 4.79 Å². The molecule has 0 radical (unpaired) electrons. The third kappa shape index (κ3) is 5.48. The molecule has 1 amide bonds. The number of nitrogens with zero attached hydrogens (tertiary/aromatic N) is 5. The van der Waals surface area contributed by atoms with E-state index < -0.39 is 0 Å². The number of carbonyl (C=O) groups excluding carboxylic acids is 1. The van der Waals surface area contributed by atoms with Crippen LogP contribution in [0, 0.1) is 5.92 Å². The van der Waals surface area contributed by atoms with Gasteiger partial charge in [0.05, 0.1) is 0 Å². The molecule has 7 heteroatoms. The van der Waals surface area contributed by atoms with Gasteiger partial charge in [0, 0.05) is 52.4 Å². The quantitative estimate of drug-likeness (QED) is 0.721. The number of aromatic nitrogens is 2. The molecule has 1 aliphatic heterocycles. The van der Waals surface area contributed by atoms with Crippen LogP contribution in [0.4, 0.5) is 11.8 Å². The molecule has 0 bridgehead atoms. The van der Waals surface area contributed by atoms with Crippen LogP contribution in [0.3, 0.4) is 0 Å². The fourth-order valence-electron chi connectivity index (χ4n) is 3.60. The summed E-state index contributed by atoms with van der Waals surface area (Å²) in [6, 6.07) is 12.3. The first-order valence-corrected chi connectivity index (χ1v) is 10.9. The Morgan fingerprint density at radius 1 is 1.13 bits per heavy atom. The Labute approximate surface area is 179 Å². The highest BCUT2D eigenvalue weighted by atomic mass is 16.1. The Morgan fingerprint density at radius 3 is 2.57 bits per heavy atom. The average Bonchev–Trinajstić information content (AvgIpc) is 3.61. The van der Waals surface area contributed by atoms with Gasteiger partial charge in [0.25, 0.3) is 5.91 Å². The van der Waals surface area contributed by atoms with Crippen molar-refractivity contribution in [1.82, 2.24) is 20.2 Å². The number of benzene rings is 1. The number of nitrogens with one attached hydrogen (secondary N) is 1. The fourth-order valence-corrected chi connectivity index (χ4v) is 3.60. The Kier molecular flexibility index (Phi) is 6.47. The summed E-state index contributed by atoms with van der Waals surface area (Å²) in [4.78, 5) is 28.8. The van der Waals surface area contributed by atoms with Gasteiger partial charge in [-0.1, -0.05) is 30.3 Å². The van der Waals surface area contributed by atoms with Gasteiger partial charge in [-0.3, -0.25) is 4.79 Å². The molecule has 4 rings (SSSR count). The molecule has 30 heavy (non-hydrogen) atoms. The van der Waals surface area contributed by atoms with E-state index in [0.717, 1.165) is 51.5 Å². The van der Waals surface area contributed by atoms with Crippen LogP contribution in [0.1, 0.15) is 28.9 Å². The van der Waals surface area contributed by atoms with Crippen LogP contribution >= 0.6 is 0 Å². The van der Waals surface area contributed by atoms with Crippen LogP contribution in [0.25, 0.3) is 0 Å². The summed E-state index contributed by atoms with van der Waals surface area (Å²) < 4.78 is 0. The zero-order chi connectivity index (χ0) is 20.9. The molecule has 1 aliphatic carbocycles. The van der Waals surface area contributed by atoms with Crippen LogP contribution in [-0.4, -0.2) is 74.1 Å². The molecule has 7 nitrogen and oxygen atoms in total. The van der Waals surface area contributed by atoms with E-state index in [4.69, 9.17) is 4.98 Å². The van der Waals surface area contributed by atoms with Crippen molar-refractivity contribution >= 4 is 17.7 Å². The van der Waals surface area contributed by atoms with Crippen molar-refractivity contribution in [3.63, 3.8) is 0 Å². The molecule has 2 fully saturated rings. The number of hydrogen-bond donors (Lipinski definition) is 1. The second-order valence-corrected chi connectivity index (χ2v) is 8.51. The van der Waals surface area contributed by atoms with Crippen molar-refractivity contribution in [2.24, 2.45) is 5.92 Å². The Bertz CT molecular complexity index is 846. The summed E-state index contributed by atoms with van der Waals surface area (Å²) in [7, 11) is 4.13. The molecule has 2 aromatic rings. The Morgan fingerprint density at radius 2 is 1.87 bits per heavy atom. The zero-order valence-electron chi connectivity index (χ0n) is 18.0. The molecule has 1 aromatic heterocycles. The molecule has 160 valence electrons. The van der Waals surface area contributed by atoms with Gasteiger partial charge in [-0.25, -0.2) is 4.98 Å². The van der Waals surface area contributed by atoms with Crippen molar-refractivity contribution in [3.05, 3.63) is 47.7 Å². The smallest absolute Gasteiger partial charge is 0.270 e. The lowest BCUT2D eigenvalue weighted by molar-refractivity contribution is 0.0946. The normalized spacial score (nSPS) is 17.1. The van der Waals surface area contributed by atoms with E-state index in [1.807, 2.05) is 24.1 Å². The number of amides is 1. The highest BCUT2D eigenvalue weighted by Crippen LogP contribution is 2.27. The molecule has 0 atom stereocenters. The van der Waals surface area contributed by atoms with Gasteiger partial charge in [-0.2, -0.15) is 4.98 Å². The summed E-state index contributed by atoms with van der Waals surface area (Å²) in [5, 5.41) is 3.05. The lowest BCUT2D eigenvalue weighted by Crippen LogP contribution is -2.45. The van der Waals surface area contributed by atoms with Crippen molar-refractivity contribution in [3.8, 4) is 0 Å². The van der Waals surface area contributed by atoms with E-state index in [0.29, 0.717) is 17.6 Å². The molecule has 2 heterocycles. The van der Waals surface area contributed by atoms with Gasteiger partial charge in [-0.15, -0.1) is 0 Å². The molecular weight excluding hydrogens is 376 g/mol. The highest BCUT2D eigenvalue weighted by molar-refractivity contribution is 5.93. The third-order valence-corrected chi connectivity index (χ3v) is 5.93. The van der Waals surface area contributed by atoms with E-state index >= 15 is 0 Å². The van der Waals surface area contributed by atoms with E-state index in [2.05, 4.69) is 51.4 Å². The van der Waals surface area contributed by atoms with Crippen LogP contribution in [0.15, 0.2) is 36.4 Å². The summed E-state index contributed by atoms with van der Waals surface area (Å²) >= 11 is 0. The largest absolute Gasteiger partial charge is 0.354 e. The second kappa shape index (κ2) is 9.43. The van der Waals surface area contributed by atoms with Gasteiger partial charge >= 0.3 is 0 Å². The van der Waals surface area contributed by atoms with Crippen LogP contribution < -0.4 is 15.1 Å². The summed E-state index contributed by atoms with van der Waals surface area (Å²) in [6.07, 6.45) is 3.33. The van der Waals surface area contributed by atoms with Gasteiger partial charge < -0.3 is 20.0 Å². The molecule has 0 spiro atoms. The minimum absolute atomic E-state index is 0.0996. The van der Waals surface area contributed by atoms with Crippen LogP contribution in [0.5, 0.6) is 0 Å². The number of likely N-dealkylation sites (N-methyl/N-ethyl adjacent to an activating group) is 2. The van der Waals surface area contributed by atoms with Crippen molar-refractivity contribution in [1.29, 1.82) is 0 Å². The Hall–Kier alpha value is -2.67. The monoisotopic (exact) mass is 408 g/mol. The van der Waals surface area contributed by atoms with E-state index in [1.165, 1.54) is 18.4 Å². The van der Waals surface area contributed by atoms with Gasteiger partial charge in [-0.05, 0) is 37.8 Å². The molecule has 1 saturated carbocycles. The van der Waals surface area contributed by atoms with Gasteiger partial charge in [0.1, 0.15) is 11.5 Å². The van der Waals surface area contributed by atoms with E-state index in [-0.39, 0.29) is 5.91 Å². The summed E-state index contributed by atoms with van der Waals surface area (Å²) in [5.74, 6) is 1.99. The van der Waals surface area contributed by atoms with Gasteiger partial charge in [0.2, 0.25) is 5.95 Å².